The molecule has 0 radical (unpaired) electrons. The summed E-state index contributed by atoms with van der Waals surface area (Å²) < 4.78 is 35.8. The molecule has 78 valence electrons. The van der Waals surface area contributed by atoms with Crippen molar-refractivity contribution >= 4 is 0 Å². The molecule has 1 aliphatic rings. The lowest BCUT2D eigenvalue weighted by atomic mass is 9.84. The molecule has 2 nitrogen and oxygen atoms in total. The van der Waals surface area contributed by atoms with Gasteiger partial charge < -0.3 is 5.32 Å². The van der Waals surface area contributed by atoms with Crippen LogP contribution in [0.25, 0.3) is 0 Å². The molecule has 0 aromatic heterocycles. The summed E-state index contributed by atoms with van der Waals surface area (Å²) in [6.45, 7) is 3.31. The summed E-state index contributed by atoms with van der Waals surface area (Å²) in [6.07, 6.45) is -4.08. The van der Waals surface area contributed by atoms with E-state index < -0.39 is 12.7 Å². The Kier molecular flexibility index (Phi) is 2.87. The van der Waals surface area contributed by atoms with E-state index in [1.54, 1.807) is 0 Å². The maximum absolute atomic E-state index is 11.9. The molecule has 1 N–H and O–H groups in total. The van der Waals surface area contributed by atoms with Crippen LogP contribution in [-0.4, -0.2) is 44.3 Å². The van der Waals surface area contributed by atoms with Crippen LogP contribution in [0.4, 0.5) is 13.2 Å². The van der Waals surface area contributed by atoms with Gasteiger partial charge in [-0.1, -0.05) is 6.92 Å². The van der Waals surface area contributed by atoms with Crippen LogP contribution in [0.5, 0.6) is 0 Å². The number of nitrogens with one attached hydrogen (secondary N) is 1. The Labute approximate surface area is 76.1 Å². The van der Waals surface area contributed by atoms with E-state index in [2.05, 4.69) is 5.32 Å². The Hall–Kier alpha value is -0.290. The molecular weight excluding hydrogens is 181 g/mol. The second-order valence-electron chi connectivity index (χ2n) is 4.20. The van der Waals surface area contributed by atoms with Gasteiger partial charge in [-0.3, -0.25) is 4.90 Å². The zero-order valence-electron chi connectivity index (χ0n) is 7.91. The van der Waals surface area contributed by atoms with Gasteiger partial charge in [0.15, 0.2) is 0 Å². The van der Waals surface area contributed by atoms with Crippen LogP contribution in [0.1, 0.15) is 6.92 Å². The number of nitrogens with zero attached hydrogens (tertiary/aromatic N) is 1. The number of rotatable bonds is 3. The minimum absolute atomic E-state index is 0.0278. The van der Waals surface area contributed by atoms with Gasteiger partial charge in [0.1, 0.15) is 0 Å². The van der Waals surface area contributed by atoms with Gasteiger partial charge in [-0.25, -0.2) is 0 Å². The molecule has 0 aromatic rings. The number of hydrogen-bond donors (Lipinski definition) is 1. The fourth-order valence-electron chi connectivity index (χ4n) is 1.68. The van der Waals surface area contributed by atoms with E-state index in [-0.39, 0.29) is 5.41 Å². The van der Waals surface area contributed by atoms with Crippen molar-refractivity contribution in [2.24, 2.45) is 5.41 Å². The minimum Gasteiger partial charge on any atom is -0.315 e. The zero-order chi connectivity index (χ0) is 10.1. The summed E-state index contributed by atoms with van der Waals surface area (Å²) in [4.78, 5) is 1.33. The largest absolute Gasteiger partial charge is 0.401 e. The van der Waals surface area contributed by atoms with Crippen LogP contribution in [0.15, 0.2) is 0 Å². The van der Waals surface area contributed by atoms with Gasteiger partial charge in [0.25, 0.3) is 0 Å². The third-order valence-corrected chi connectivity index (χ3v) is 2.20. The average Bonchev–Trinajstić information content (AvgIpc) is 1.79. The highest BCUT2D eigenvalue weighted by Gasteiger charge is 2.36. The predicted molar refractivity (Wildman–Crippen MR) is 44.5 cm³/mol. The van der Waals surface area contributed by atoms with E-state index in [0.717, 1.165) is 13.1 Å². The molecule has 1 rings (SSSR count). The molecule has 0 spiro atoms. The first-order valence-electron chi connectivity index (χ1n) is 4.27. The SMILES string of the molecule is CN(CC(F)(F)F)CC1(C)CNC1. The summed E-state index contributed by atoms with van der Waals surface area (Å²) in [6, 6.07) is 0. The molecule has 13 heavy (non-hydrogen) atoms. The van der Waals surface area contributed by atoms with Gasteiger partial charge in [-0.2, -0.15) is 13.2 Å². The molecule has 1 fully saturated rings. The monoisotopic (exact) mass is 196 g/mol. The van der Waals surface area contributed by atoms with Crippen LogP contribution < -0.4 is 5.32 Å². The third kappa shape index (κ3) is 3.52. The van der Waals surface area contributed by atoms with Crippen molar-refractivity contribution in [2.75, 3.05) is 33.2 Å². The number of hydrogen-bond acceptors (Lipinski definition) is 2. The van der Waals surface area contributed by atoms with Crippen LogP contribution in [0.2, 0.25) is 0 Å². The van der Waals surface area contributed by atoms with E-state index in [0.29, 0.717) is 6.54 Å². The van der Waals surface area contributed by atoms with Crippen molar-refractivity contribution < 1.29 is 13.2 Å². The number of alkyl halides is 3. The lowest BCUT2D eigenvalue weighted by molar-refractivity contribution is -0.146. The minimum atomic E-state index is -4.08. The predicted octanol–water partition coefficient (Wildman–Crippen LogP) is 1.09. The molecule has 0 saturated carbocycles. The summed E-state index contributed by atoms with van der Waals surface area (Å²) in [7, 11) is 1.51. The van der Waals surface area contributed by atoms with Crippen molar-refractivity contribution in [3.63, 3.8) is 0 Å². The molecule has 0 aromatic carbocycles. The van der Waals surface area contributed by atoms with E-state index in [1.165, 1.54) is 11.9 Å². The molecule has 0 amide bonds. The number of halogens is 3. The normalized spacial score (nSPS) is 21.7. The Bertz CT molecular complexity index is 175. The second kappa shape index (κ2) is 3.46. The molecule has 5 heteroatoms. The van der Waals surface area contributed by atoms with Gasteiger partial charge in [-0.05, 0) is 7.05 Å². The smallest absolute Gasteiger partial charge is 0.315 e. The zero-order valence-corrected chi connectivity index (χ0v) is 7.91. The summed E-state index contributed by atoms with van der Waals surface area (Å²) in [5.41, 5.74) is 0.0278. The molecule has 1 heterocycles. The lowest BCUT2D eigenvalue weighted by Gasteiger charge is -2.42. The first-order chi connectivity index (χ1) is 5.81. The van der Waals surface area contributed by atoms with Gasteiger partial charge in [-0.15, -0.1) is 0 Å². The molecule has 1 aliphatic heterocycles. The van der Waals surface area contributed by atoms with Crippen molar-refractivity contribution in [3.05, 3.63) is 0 Å². The summed E-state index contributed by atoms with van der Waals surface area (Å²) in [5, 5.41) is 3.06. The molecule has 0 atom stereocenters. The van der Waals surface area contributed by atoms with Gasteiger partial charge in [0.2, 0.25) is 0 Å². The Morgan fingerprint density at radius 2 is 1.92 bits per heavy atom. The topological polar surface area (TPSA) is 15.3 Å². The van der Waals surface area contributed by atoms with Gasteiger partial charge in [0, 0.05) is 25.0 Å². The van der Waals surface area contributed by atoms with Crippen LogP contribution in [0, 0.1) is 5.41 Å². The van der Waals surface area contributed by atoms with Crippen LogP contribution in [-0.2, 0) is 0 Å². The Balaban J connectivity index is 2.28. The molecule has 0 aliphatic carbocycles. The fourth-order valence-corrected chi connectivity index (χ4v) is 1.68. The van der Waals surface area contributed by atoms with Crippen molar-refractivity contribution in [2.45, 2.75) is 13.1 Å². The highest BCUT2D eigenvalue weighted by atomic mass is 19.4. The van der Waals surface area contributed by atoms with Crippen molar-refractivity contribution in [1.82, 2.24) is 10.2 Å². The highest BCUT2D eigenvalue weighted by Crippen LogP contribution is 2.24. The van der Waals surface area contributed by atoms with Crippen molar-refractivity contribution in [3.8, 4) is 0 Å². The second-order valence-corrected chi connectivity index (χ2v) is 4.20. The Morgan fingerprint density at radius 1 is 1.38 bits per heavy atom. The van der Waals surface area contributed by atoms with Gasteiger partial charge in [0.05, 0.1) is 6.54 Å². The molecule has 1 saturated heterocycles. The fraction of sp³-hybridized carbons (Fsp3) is 1.00. The van der Waals surface area contributed by atoms with E-state index in [9.17, 15) is 13.2 Å². The quantitative estimate of drug-likeness (QED) is 0.727. The maximum atomic E-state index is 11.9. The first kappa shape index (κ1) is 10.8. The average molecular weight is 196 g/mol. The summed E-state index contributed by atoms with van der Waals surface area (Å²) in [5.74, 6) is 0. The van der Waals surface area contributed by atoms with E-state index in [4.69, 9.17) is 0 Å². The Morgan fingerprint density at radius 3 is 2.23 bits per heavy atom. The summed E-state index contributed by atoms with van der Waals surface area (Å²) >= 11 is 0. The molecule has 0 bridgehead atoms. The van der Waals surface area contributed by atoms with E-state index in [1.807, 2.05) is 6.92 Å². The molecule has 0 unspecified atom stereocenters. The molecular formula is C8H15F3N2. The maximum Gasteiger partial charge on any atom is 0.401 e. The van der Waals surface area contributed by atoms with Crippen LogP contribution >= 0.6 is 0 Å². The standard InChI is InChI=1S/C8H15F3N2/c1-7(3-12-4-7)5-13(2)6-8(9,10)11/h12H,3-6H2,1-2H3. The highest BCUT2D eigenvalue weighted by molar-refractivity contribution is 4.90. The van der Waals surface area contributed by atoms with Crippen LogP contribution in [0.3, 0.4) is 0 Å². The lowest BCUT2D eigenvalue weighted by Crippen LogP contribution is -2.57. The van der Waals surface area contributed by atoms with E-state index >= 15 is 0 Å². The van der Waals surface area contributed by atoms with Gasteiger partial charge >= 0.3 is 6.18 Å². The third-order valence-electron chi connectivity index (χ3n) is 2.20. The van der Waals surface area contributed by atoms with Crippen molar-refractivity contribution in [1.29, 1.82) is 0 Å². The first-order valence-corrected chi connectivity index (χ1v) is 4.27.